The van der Waals surface area contributed by atoms with Crippen LogP contribution in [-0.4, -0.2) is 44.8 Å². The normalized spacial score (nSPS) is 20.9. The van der Waals surface area contributed by atoms with E-state index in [1.165, 1.54) is 0 Å². The predicted molar refractivity (Wildman–Crippen MR) is 78.4 cm³/mol. The molecule has 3 rings (SSSR count). The van der Waals surface area contributed by atoms with E-state index in [0.717, 1.165) is 11.2 Å². The van der Waals surface area contributed by atoms with Crippen molar-refractivity contribution in [2.45, 2.75) is 13.3 Å². The fraction of sp³-hybridized carbons (Fsp3) is 0.333. The van der Waals surface area contributed by atoms with Crippen LogP contribution in [0.15, 0.2) is 35.7 Å². The Labute approximate surface area is 122 Å². The molecule has 1 aliphatic heterocycles. The number of nitrogens with zero attached hydrogens (tertiary/aromatic N) is 4. The highest BCUT2D eigenvalue weighted by atomic mass is 16.4. The molecule has 0 aliphatic carbocycles. The molecular formula is C15H16N4O2. The van der Waals surface area contributed by atoms with Crippen LogP contribution < -0.4 is 0 Å². The zero-order chi connectivity index (χ0) is 14.8. The van der Waals surface area contributed by atoms with E-state index in [1.807, 2.05) is 13.0 Å². The lowest BCUT2D eigenvalue weighted by atomic mass is 9.97. The molecule has 1 saturated heterocycles. The van der Waals surface area contributed by atoms with E-state index in [2.05, 4.69) is 15.1 Å². The number of hydrogen-bond acceptors (Lipinski definition) is 5. The van der Waals surface area contributed by atoms with Gasteiger partial charge in [-0.25, -0.2) is 0 Å². The maximum absolute atomic E-state index is 12.6. The number of hydrogen-bond donors (Lipinski definition) is 1. The van der Waals surface area contributed by atoms with Gasteiger partial charge >= 0.3 is 0 Å². The molecule has 1 fully saturated rings. The SMILES string of the molecule is CC1CN(C(=O)c2ccc3nccnc3c2)CC/C1=N\O. The Bertz CT molecular complexity index is 714. The van der Waals surface area contributed by atoms with Gasteiger partial charge in [0, 0.05) is 43.4 Å². The molecule has 6 heteroatoms. The third kappa shape index (κ3) is 2.56. The molecule has 0 bridgehead atoms. The molecule has 1 aliphatic rings. The summed E-state index contributed by atoms with van der Waals surface area (Å²) in [7, 11) is 0. The van der Waals surface area contributed by atoms with Crippen LogP contribution in [0.3, 0.4) is 0 Å². The first-order chi connectivity index (χ1) is 10.2. The summed E-state index contributed by atoms with van der Waals surface area (Å²) in [4.78, 5) is 22.8. The predicted octanol–water partition coefficient (Wildman–Crippen LogP) is 1.94. The van der Waals surface area contributed by atoms with E-state index in [1.54, 1.807) is 29.4 Å². The first-order valence-corrected chi connectivity index (χ1v) is 6.90. The molecule has 1 unspecified atom stereocenters. The minimum Gasteiger partial charge on any atom is -0.411 e. The average molecular weight is 284 g/mol. The van der Waals surface area contributed by atoms with Gasteiger partial charge in [0.1, 0.15) is 0 Å². The van der Waals surface area contributed by atoms with Crippen LogP contribution in [0.4, 0.5) is 0 Å². The van der Waals surface area contributed by atoms with Crippen LogP contribution in [0.1, 0.15) is 23.7 Å². The van der Waals surface area contributed by atoms with Gasteiger partial charge in [0.25, 0.3) is 5.91 Å². The maximum atomic E-state index is 12.6. The van der Waals surface area contributed by atoms with Crippen LogP contribution in [0.5, 0.6) is 0 Å². The van der Waals surface area contributed by atoms with Gasteiger partial charge in [-0.05, 0) is 18.2 Å². The average Bonchev–Trinajstić information content (AvgIpc) is 2.53. The molecule has 1 aromatic heterocycles. The Kier molecular flexibility index (Phi) is 3.51. The largest absolute Gasteiger partial charge is 0.411 e. The fourth-order valence-electron chi connectivity index (χ4n) is 2.64. The maximum Gasteiger partial charge on any atom is 0.253 e. The Morgan fingerprint density at radius 3 is 2.81 bits per heavy atom. The summed E-state index contributed by atoms with van der Waals surface area (Å²) in [5.41, 5.74) is 2.85. The van der Waals surface area contributed by atoms with Crippen LogP contribution in [-0.2, 0) is 0 Å². The molecule has 6 nitrogen and oxygen atoms in total. The highest BCUT2D eigenvalue weighted by Crippen LogP contribution is 2.18. The smallest absolute Gasteiger partial charge is 0.253 e. The third-order valence-electron chi connectivity index (χ3n) is 3.83. The van der Waals surface area contributed by atoms with E-state index in [0.29, 0.717) is 30.6 Å². The highest BCUT2D eigenvalue weighted by molar-refractivity contribution is 5.98. The van der Waals surface area contributed by atoms with Crippen LogP contribution in [0, 0.1) is 5.92 Å². The van der Waals surface area contributed by atoms with E-state index >= 15 is 0 Å². The van der Waals surface area contributed by atoms with E-state index in [-0.39, 0.29) is 11.8 Å². The van der Waals surface area contributed by atoms with Crippen molar-refractivity contribution in [3.8, 4) is 0 Å². The number of likely N-dealkylation sites (tertiary alicyclic amines) is 1. The summed E-state index contributed by atoms with van der Waals surface area (Å²) in [5, 5.41) is 12.2. The van der Waals surface area contributed by atoms with Crippen molar-refractivity contribution in [2.24, 2.45) is 11.1 Å². The van der Waals surface area contributed by atoms with Gasteiger partial charge in [-0.2, -0.15) is 0 Å². The van der Waals surface area contributed by atoms with Gasteiger partial charge in [-0.1, -0.05) is 12.1 Å². The van der Waals surface area contributed by atoms with E-state index < -0.39 is 0 Å². The van der Waals surface area contributed by atoms with Crippen molar-refractivity contribution in [3.63, 3.8) is 0 Å². The lowest BCUT2D eigenvalue weighted by molar-refractivity contribution is 0.0734. The van der Waals surface area contributed by atoms with Crippen molar-refractivity contribution in [1.82, 2.24) is 14.9 Å². The molecule has 2 aromatic rings. The Morgan fingerprint density at radius 1 is 1.33 bits per heavy atom. The summed E-state index contributed by atoms with van der Waals surface area (Å²) >= 11 is 0. The Hall–Kier alpha value is -2.50. The molecule has 1 aromatic carbocycles. The first-order valence-electron chi connectivity index (χ1n) is 6.90. The van der Waals surface area contributed by atoms with Crippen molar-refractivity contribution < 1.29 is 10.0 Å². The second-order valence-electron chi connectivity index (χ2n) is 5.25. The Morgan fingerprint density at radius 2 is 2.10 bits per heavy atom. The molecule has 108 valence electrons. The topological polar surface area (TPSA) is 78.7 Å². The quantitative estimate of drug-likeness (QED) is 0.641. The number of piperidine rings is 1. The van der Waals surface area contributed by atoms with Crippen LogP contribution in [0.25, 0.3) is 11.0 Å². The monoisotopic (exact) mass is 284 g/mol. The number of carbonyl (C=O) groups is 1. The summed E-state index contributed by atoms with van der Waals surface area (Å²) in [6.45, 7) is 3.10. The molecule has 1 N–H and O–H groups in total. The number of benzene rings is 1. The van der Waals surface area contributed by atoms with Crippen LogP contribution >= 0.6 is 0 Å². The third-order valence-corrected chi connectivity index (χ3v) is 3.83. The number of aromatic nitrogens is 2. The minimum atomic E-state index is -0.0219. The summed E-state index contributed by atoms with van der Waals surface area (Å²) < 4.78 is 0. The van der Waals surface area contributed by atoms with Gasteiger partial charge in [0.2, 0.25) is 0 Å². The molecule has 0 spiro atoms. The number of amides is 1. The van der Waals surface area contributed by atoms with Gasteiger partial charge in [-0.15, -0.1) is 0 Å². The van der Waals surface area contributed by atoms with Gasteiger partial charge in [-0.3, -0.25) is 14.8 Å². The zero-order valence-electron chi connectivity index (χ0n) is 11.7. The molecule has 1 amide bonds. The first kappa shape index (κ1) is 13.5. The summed E-state index contributed by atoms with van der Waals surface area (Å²) in [5.74, 6) is 0.0549. The molecular weight excluding hydrogens is 268 g/mol. The van der Waals surface area contributed by atoms with Gasteiger partial charge < -0.3 is 10.1 Å². The van der Waals surface area contributed by atoms with Crippen LogP contribution in [0.2, 0.25) is 0 Å². The zero-order valence-corrected chi connectivity index (χ0v) is 11.7. The molecule has 21 heavy (non-hydrogen) atoms. The molecule has 0 radical (unpaired) electrons. The lowest BCUT2D eigenvalue weighted by Gasteiger charge is -2.31. The highest BCUT2D eigenvalue weighted by Gasteiger charge is 2.26. The van der Waals surface area contributed by atoms with Crippen molar-refractivity contribution >= 4 is 22.7 Å². The van der Waals surface area contributed by atoms with Crippen molar-refractivity contribution in [3.05, 3.63) is 36.2 Å². The molecule has 2 heterocycles. The molecule has 1 atom stereocenters. The van der Waals surface area contributed by atoms with E-state index in [9.17, 15) is 4.79 Å². The number of carbonyl (C=O) groups excluding carboxylic acids is 1. The summed E-state index contributed by atoms with van der Waals surface area (Å²) in [6.07, 6.45) is 3.85. The number of oxime groups is 1. The number of rotatable bonds is 1. The number of fused-ring (bicyclic) bond motifs is 1. The second kappa shape index (κ2) is 5.47. The van der Waals surface area contributed by atoms with Crippen molar-refractivity contribution in [1.29, 1.82) is 0 Å². The second-order valence-corrected chi connectivity index (χ2v) is 5.25. The standard InChI is InChI=1S/C15H16N4O2/c1-10-9-19(7-4-12(10)18-21)15(20)11-2-3-13-14(8-11)17-6-5-16-13/h2-3,5-6,8,10,21H,4,7,9H2,1H3/b18-12+. The molecule has 0 saturated carbocycles. The minimum absolute atomic E-state index is 0.0219. The van der Waals surface area contributed by atoms with Crippen molar-refractivity contribution in [2.75, 3.05) is 13.1 Å². The Balaban J connectivity index is 1.84. The van der Waals surface area contributed by atoms with Gasteiger partial charge in [0.15, 0.2) is 0 Å². The van der Waals surface area contributed by atoms with E-state index in [4.69, 9.17) is 5.21 Å². The fourth-order valence-corrected chi connectivity index (χ4v) is 2.64. The lowest BCUT2D eigenvalue weighted by Crippen LogP contribution is -2.43. The summed E-state index contributed by atoms with van der Waals surface area (Å²) in [6, 6.07) is 5.36. The van der Waals surface area contributed by atoms with Gasteiger partial charge in [0.05, 0.1) is 16.7 Å².